The Hall–Kier alpha value is -2.31. The molecule has 0 radical (unpaired) electrons. The van der Waals surface area contributed by atoms with E-state index in [4.69, 9.17) is 0 Å². The molecule has 2 unspecified atom stereocenters. The molecule has 0 bridgehead atoms. The van der Waals surface area contributed by atoms with Crippen LogP contribution in [0.1, 0.15) is 57.4 Å². The molecule has 1 aliphatic rings. The van der Waals surface area contributed by atoms with Crippen LogP contribution in [0.4, 0.5) is 0 Å². The van der Waals surface area contributed by atoms with Crippen molar-refractivity contribution in [3.63, 3.8) is 0 Å². The molecule has 8 nitrogen and oxygen atoms in total. The number of aliphatic carboxylic acids is 1. The van der Waals surface area contributed by atoms with Crippen molar-refractivity contribution in [1.29, 1.82) is 0 Å². The van der Waals surface area contributed by atoms with Crippen LogP contribution in [0.15, 0.2) is 30.3 Å². The van der Waals surface area contributed by atoms with Gasteiger partial charge in [-0.3, -0.25) is 14.8 Å². The zero-order valence-electron chi connectivity index (χ0n) is 18.0. The summed E-state index contributed by atoms with van der Waals surface area (Å²) < 4.78 is 13.1. The maximum absolute atomic E-state index is 13.1. The second-order valence-corrected chi connectivity index (χ2v) is 9.61. The Morgan fingerprint density at radius 1 is 1.23 bits per heavy atom. The van der Waals surface area contributed by atoms with Crippen molar-refractivity contribution >= 4 is 25.6 Å². The van der Waals surface area contributed by atoms with Gasteiger partial charge in [0.15, 0.2) is 0 Å². The first-order valence-electron chi connectivity index (χ1n) is 10.9. The molecule has 1 aromatic carbocycles. The van der Waals surface area contributed by atoms with Crippen molar-refractivity contribution in [2.45, 2.75) is 70.1 Å². The summed E-state index contributed by atoms with van der Waals surface area (Å²) >= 11 is 0. The van der Waals surface area contributed by atoms with Gasteiger partial charge in [-0.05, 0) is 31.2 Å². The van der Waals surface area contributed by atoms with Crippen molar-refractivity contribution < 1.29 is 29.3 Å². The minimum atomic E-state index is -2.30. The average molecular weight is 451 g/mol. The molecule has 0 aromatic heterocycles. The van der Waals surface area contributed by atoms with Gasteiger partial charge in [-0.15, -0.1) is 0 Å². The van der Waals surface area contributed by atoms with Gasteiger partial charge in [0.05, 0.1) is 0 Å². The second-order valence-electron chi connectivity index (χ2n) is 7.86. The summed E-state index contributed by atoms with van der Waals surface area (Å²) in [5.74, 6) is -3.09. The summed E-state index contributed by atoms with van der Waals surface area (Å²) in [6.45, 7) is 2.32. The first-order chi connectivity index (χ1) is 14.8. The van der Waals surface area contributed by atoms with E-state index in [-0.39, 0.29) is 12.8 Å². The fraction of sp³-hybridized carbons (Fsp3) is 0.591. The molecule has 0 spiro atoms. The Balaban J connectivity index is 2.08. The zero-order chi connectivity index (χ0) is 22.8. The summed E-state index contributed by atoms with van der Waals surface area (Å²) in [6.07, 6.45) is 3.85. The average Bonchev–Trinajstić information content (AvgIpc) is 3.25. The van der Waals surface area contributed by atoms with E-state index in [1.165, 1.54) is 4.90 Å². The van der Waals surface area contributed by atoms with E-state index in [9.17, 15) is 29.3 Å². The van der Waals surface area contributed by atoms with Crippen LogP contribution in [0, 0.1) is 0 Å². The van der Waals surface area contributed by atoms with E-state index < -0.39 is 43.6 Å². The highest BCUT2D eigenvalue weighted by Gasteiger charge is 2.43. The number of aryl methyl sites for hydroxylation is 1. The molecule has 1 fully saturated rings. The molecule has 31 heavy (non-hydrogen) atoms. The normalized spacial score (nSPS) is 17.3. The van der Waals surface area contributed by atoms with Crippen molar-refractivity contribution in [2.24, 2.45) is 0 Å². The number of carboxylic acid groups (broad SMARTS) is 1. The van der Waals surface area contributed by atoms with Crippen LogP contribution in [0.2, 0.25) is 0 Å². The van der Waals surface area contributed by atoms with E-state index in [2.05, 4.69) is 0 Å². The van der Waals surface area contributed by atoms with Gasteiger partial charge in [0, 0.05) is 19.4 Å². The van der Waals surface area contributed by atoms with Crippen molar-refractivity contribution in [3.05, 3.63) is 35.9 Å². The van der Waals surface area contributed by atoms with Crippen molar-refractivity contribution in [3.8, 4) is 0 Å². The smallest absolute Gasteiger partial charge is 0.375 e. The van der Waals surface area contributed by atoms with Gasteiger partial charge in [0.25, 0.3) is 11.7 Å². The zero-order valence-corrected chi connectivity index (χ0v) is 18.9. The first-order valence-corrected chi connectivity index (χ1v) is 12.4. The van der Waals surface area contributed by atoms with E-state index in [1.54, 1.807) is 0 Å². The fourth-order valence-electron chi connectivity index (χ4n) is 3.79. The number of hydroxylamine groups is 2. The van der Waals surface area contributed by atoms with E-state index in [0.29, 0.717) is 37.3 Å². The molecule has 9 heteroatoms. The third-order valence-corrected chi connectivity index (χ3v) is 7.27. The lowest BCUT2D eigenvalue weighted by atomic mass is 10.1. The molecule has 0 aliphatic carbocycles. The highest BCUT2D eigenvalue weighted by Crippen LogP contribution is 2.35. The second kappa shape index (κ2) is 12.5. The van der Waals surface area contributed by atoms with Crippen LogP contribution in [-0.4, -0.2) is 62.6 Å². The Morgan fingerprint density at radius 2 is 1.94 bits per heavy atom. The van der Waals surface area contributed by atoms with Gasteiger partial charge in [0.1, 0.15) is 6.04 Å². The first kappa shape index (κ1) is 25.0. The molecule has 1 heterocycles. The maximum Gasteiger partial charge on any atom is 0.375 e. The van der Waals surface area contributed by atoms with Crippen LogP contribution in [0.25, 0.3) is 0 Å². The Kier molecular flexibility index (Phi) is 10.1. The lowest BCUT2D eigenvalue weighted by molar-refractivity contribution is -0.169. The lowest BCUT2D eigenvalue weighted by Crippen LogP contribution is -2.42. The molecule has 1 aromatic rings. The number of hydrogen-bond acceptors (Lipinski definition) is 5. The summed E-state index contributed by atoms with van der Waals surface area (Å²) in [5, 5.41) is 20.4. The predicted molar refractivity (Wildman–Crippen MR) is 116 cm³/mol. The lowest BCUT2D eigenvalue weighted by Gasteiger charge is -2.21. The number of carbonyl (C=O) groups is 3. The molecular formula is C22H32N2O6P+. The number of likely N-dealkylation sites (tertiary alicyclic amines) is 1. The molecule has 1 saturated heterocycles. The molecule has 2 N–H and O–H groups in total. The number of nitrogens with zero attached hydrogens (tertiary/aromatic N) is 2. The van der Waals surface area contributed by atoms with Gasteiger partial charge < -0.3 is 10.0 Å². The van der Waals surface area contributed by atoms with Gasteiger partial charge in [-0.1, -0.05) is 54.7 Å². The number of carbonyl (C=O) groups excluding carboxylic acids is 2. The van der Waals surface area contributed by atoms with Crippen LogP contribution < -0.4 is 0 Å². The van der Waals surface area contributed by atoms with Crippen LogP contribution in [-0.2, 0) is 25.4 Å². The van der Waals surface area contributed by atoms with Crippen LogP contribution >= 0.6 is 7.80 Å². The minimum absolute atomic E-state index is 0.149. The van der Waals surface area contributed by atoms with E-state index in [1.807, 2.05) is 37.3 Å². The molecule has 2 amide bonds. The Labute approximate surface area is 184 Å². The summed E-state index contributed by atoms with van der Waals surface area (Å²) in [4.78, 5) is 37.7. The van der Waals surface area contributed by atoms with Crippen LogP contribution in [0.5, 0.6) is 0 Å². The number of benzene rings is 1. The van der Waals surface area contributed by atoms with Gasteiger partial charge in [0.2, 0.25) is 12.1 Å². The molecule has 170 valence electrons. The standard InChI is InChI=1S/C22H31N2O6P/c1-2-3-5-12-19(25)24(29)21(14-13-17-9-6-4-7-10-17)31(30)16-20(26)23-15-8-11-18(23)22(27)28/h4,6-7,9-10,18,21,29H,2-3,5,8,11-16H2,1H3/p+1/t18-,21?/m0/s1. The van der Waals surface area contributed by atoms with Gasteiger partial charge >= 0.3 is 13.8 Å². The van der Waals surface area contributed by atoms with Crippen molar-refractivity contribution in [2.75, 3.05) is 12.7 Å². The van der Waals surface area contributed by atoms with E-state index >= 15 is 0 Å². The predicted octanol–water partition coefficient (Wildman–Crippen LogP) is 3.65. The number of amides is 2. The molecular weight excluding hydrogens is 419 g/mol. The van der Waals surface area contributed by atoms with Gasteiger partial charge in [-0.25, -0.2) is 4.79 Å². The van der Waals surface area contributed by atoms with E-state index in [0.717, 1.165) is 18.4 Å². The highest BCUT2D eigenvalue weighted by molar-refractivity contribution is 7.46. The number of carboxylic acids is 1. The Bertz CT molecular complexity index is 773. The third kappa shape index (κ3) is 7.40. The maximum atomic E-state index is 13.1. The third-order valence-electron chi connectivity index (χ3n) is 5.55. The monoisotopic (exact) mass is 451 g/mol. The fourth-order valence-corrected chi connectivity index (χ4v) is 5.24. The highest BCUT2D eigenvalue weighted by atomic mass is 31.1. The quantitative estimate of drug-likeness (QED) is 0.217. The van der Waals surface area contributed by atoms with Crippen molar-refractivity contribution in [1.82, 2.24) is 9.96 Å². The number of unbranched alkanes of at least 4 members (excludes halogenated alkanes) is 2. The number of rotatable bonds is 12. The molecule has 1 aliphatic heterocycles. The van der Waals surface area contributed by atoms with Crippen LogP contribution in [0.3, 0.4) is 0 Å². The molecule has 2 rings (SSSR count). The topological polar surface area (TPSA) is 115 Å². The summed E-state index contributed by atoms with van der Waals surface area (Å²) in [5.41, 5.74) is 0.972. The largest absolute Gasteiger partial charge is 0.480 e. The minimum Gasteiger partial charge on any atom is -0.480 e. The van der Waals surface area contributed by atoms with Gasteiger partial charge in [-0.2, -0.15) is 5.06 Å². The molecule has 0 saturated carbocycles. The Morgan fingerprint density at radius 3 is 2.58 bits per heavy atom. The SMILES string of the molecule is CCCCCC(=O)N(O)C(CCc1ccccc1)[P+](=O)CC(=O)N1CCC[C@H]1C(=O)O. The number of hydrogen-bond donors (Lipinski definition) is 2. The summed E-state index contributed by atoms with van der Waals surface area (Å²) in [7, 11) is -2.30. The summed E-state index contributed by atoms with van der Waals surface area (Å²) in [6, 6.07) is 8.54. The molecule has 3 atom stereocenters.